The molecule has 3 nitrogen and oxygen atoms in total. The van der Waals surface area contributed by atoms with Gasteiger partial charge in [0.15, 0.2) is 0 Å². The summed E-state index contributed by atoms with van der Waals surface area (Å²) in [6.07, 6.45) is 0.308. The Balaban J connectivity index is 2.64. The van der Waals surface area contributed by atoms with Crippen LogP contribution < -0.4 is 5.32 Å². The Morgan fingerprint density at radius 1 is 1.54 bits per heavy atom. The Bertz CT molecular complexity index is 186. The Morgan fingerprint density at radius 3 is 2.54 bits per heavy atom. The van der Waals surface area contributed by atoms with Crippen molar-refractivity contribution >= 4 is 5.91 Å². The lowest BCUT2D eigenvalue weighted by atomic mass is 10.0. The van der Waals surface area contributed by atoms with Crippen molar-refractivity contribution in [1.82, 2.24) is 10.2 Å². The van der Waals surface area contributed by atoms with E-state index in [1.165, 1.54) is 0 Å². The SMILES string of the molecule is CCN(CC)C(=O)C1(F)CCNC1. The third-order valence-electron chi connectivity index (χ3n) is 2.54. The van der Waals surface area contributed by atoms with E-state index >= 15 is 0 Å². The molecule has 1 aliphatic heterocycles. The number of hydrogen-bond donors (Lipinski definition) is 1. The number of nitrogens with zero attached hydrogens (tertiary/aromatic N) is 1. The third-order valence-corrected chi connectivity index (χ3v) is 2.54. The molecule has 0 saturated carbocycles. The standard InChI is InChI=1S/C9H17FN2O/c1-3-12(4-2)8(13)9(10)5-6-11-7-9/h11H,3-7H2,1-2H3. The van der Waals surface area contributed by atoms with Gasteiger partial charge in [0.05, 0.1) is 0 Å². The zero-order valence-corrected chi connectivity index (χ0v) is 8.27. The van der Waals surface area contributed by atoms with Gasteiger partial charge in [-0.3, -0.25) is 4.79 Å². The van der Waals surface area contributed by atoms with Crippen molar-refractivity contribution in [3.63, 3.8) is 0 Å². The molecule has 0 bridgehead atoms. The fraction of sp³-hybridized carbons (Fsp3) is 0.889. The lowest BCUT2D eigenvalue weighted by molar-refractivity contribution is -0.142. The molecule has 13 heavy (non-hydrogen) atoms. The Kier molecular flexibility index (Phi) is 3.25. The molecule has 0 aromatic heterocycles. The zero-order chi connectivity index (χ0) is 9.90. The first-order chi connectivity index (χ1) is 6.14. The van der Waals surface area contributed by atoms with Crippen LogP contribution in [0.15, 0.2) is 0 Å². The van der Waals surface area contributed by atoms with Crippen LogP contribution in [0.3, 0.4) is 0 Å². The van der Waals surface area contributed by atoms with Gasteiger partial charge in [0.2, 0.25) is 5.67 Å². The quantitative estimate of drug-likeness (QED) is 0.701. The molecule has 0 spiro atoms. The van der Waals surface area contributed by atoms with E-state index in [4.69, 9.17) is 0 Å². The zero-order valence-electron chi connectivity index (χ0n) is 8.27. The molecule has 1 atom stereocenters. The Labute approximate surface area is 78.3 Å². The lowest BCUT2D eigenvalue weighted by Crippen LogP contribution is -2.47. The molecular formula is C9H17FN2O. The van der Waals surface area contributed by atoms with E-state index in [9.17, 15) is 9.18 Å². The average Bonchev–Trinajstić information content (AvgIpc) is 2.55. The van der Waals surface area contributed by atoms with Gasteiger partial charge < -0.3 is 10.2 Å². The molecule has 0 aromatic carbocycles. The largest absolute Gasteiger partial charge is 0.340 e. The van der Waals surface area contributed by atoms with Crippen LogP contribution in [0.4, 0.5) is 4.39 Å². The first-order valence-electron chi connectivity index (χ1n) is 4.83. The van der Waals surface area contributed by atoms with Crippen LogP contribution in [0, 0.1) is 0 Å². The molecule has 1 saturated heterocycles. The lowest BCUT2D eigenvalue weighted by Gasteiger charge is -2.26. The molecule has 1 heterocycles. The van der Waals surface area contributed by atoms with Crippen molar-refractivity contribution in [2.75, 3.05) is 26.2 Å². The number of alkyl halides is 1. The summed E-state index contributed by atoms with van der Waals surface area (Å²) in [5, 5.41) is 2.87. The predicted molar refractivity (Wildman–Crippen MR) is 49.3 cm³/mol. The van der Waals surface area contributed by atoms with E-state index < -0.39 is 5.67 Å². The number of carbonyl (C=O) groups is 1. The van der Waals surface area contributed by atoms with Crippen LogP contribution in [0.1, 0.15) is 20.3 Å². The molecule has 1 fully saturated rings. The molecule has 76 valence electrons. The number of nitrogens with one attached hydrogen (secondary N) is 1. The van der Waals surface area contributed by atoms with E-state index in [1.807, 2.05) is 13.8 Å². The van der Waals surface area contributed by atoms with Crippen LogP contribution >= 0.6 is 0 Å². The maximum absolute atomic E-state index is 13.9. The highest BCUT2D eigenvalue weighted by molar-refractivity contribution is 5.85. The summed E-state index contributed by atoms with van der Waals surface area (Å²) in [6.45, 7) is 5.67. The summed E-state index contributed by atoms with van der Waals surface area (Å²) >= 11 is 0. The molecular weight excluding hydrogens is 171 g/mol. The van der Waals surface area contributed by atoms with Gasteiger partial charge in [-0.25, -0.2) is 4.39 Å². The highest BCUT2D eigenvalue weighted by atomic mass is 19.1. The summed E-state index contributed by atoms with van der Waals surface area (Å²) in [6, 6.07) is 0. The van der Waals surface area contributed by atoms with Gasteiger partial charge in [0, 0.05) is 26.1 Å². The minimum atomic E-state index is -1.65. The summed E-state index contributed by atoms with van der Waals surface area (Å²) in [7, 11) is 0. The third kappa shape index (κ3) is 1.99. The number of hydrogen-bond acceptors (Lipinski definition) is 2. The normalized spacial score (nSPS) is 27.6. The van der Waals surface area contributed by atoms with Gasteiger partial charge >= 0.3 is 0 Å². The summed E-state index contributed by atoms with van der Waals surface area (Å²) in [4.78, 5) is 13.2. The number of amides is 1. The van der Waals surface area contributed by atoms with Crippen molar-refractivity contribution in [3.05, 3.63) is 0 Å². The van der Waals surface area contributed by atoms with E-state index in [0.717, 1.165) is 0 Å². The van der Waals surface area contributed by atoms with Crippen molar-refractivity contribution in [2.45, 2.75) is 25.9 Å². The van der Waals surface area contributed by atoms with Gasteiger partial charge in [0.25, 0.3) is 5.91 Å². The summed E-state index contributed by atoms with van der Waals surface area (Å²) < 4.78 is 13.9. The molecule has 1 rings (SSSR count). The van der Waals surface area contributed by atoms with E-state index in [1.54, 1.807) is 4.90 Å². The second-order valence-corrected chi connectivity index (χ2v) is 3.37. The summed E-state index contributed by atoms with van der Waals surface area (Å²) in [5.41, 5.74) is -1.65. The van der Waals surface area contributed by atoms with Gasteiger partial charge in [-0.2, -0.15) is 0 Å². The molecule has 1 unspecified atom stereocenters. The first kappa shape index (κ1) is 10.4. The predicted octanol–water partition coefficient (Wildman–Crippen LogP) is 0.556. The molecule has 0 aliphatic carbocycles. The van der Waals surface area contributed by atoms with Crippen molar-refractivity contribution in [2.24, 2.45) is 0 Å². The maximum Gasteiger partial charge on any atom is 0.261 e. The molecule has 0 aromatic rings. The van der Waals surface area contributed by atoms with Crippen molar-refractivity contribution < 1.29 is 9.18 Å². The van der Waals surface area contributed by atoms with Crippen LogP contribution in [-0.4, -0.2) is 42.7 Å². The maximum atomic E-state index is 13.9. The van der Waals surface area contributed by atoms with Crippen LogP contribution in [0.5, 0.6) is 0 Å². The van der Waals surface area contributed by atoms with Gasteiger partial charge in [-0.05, 0) is 20.4 Å². The number of rotatable bonds is 3. The van der Waals surface area contributed by atoms with Crippen LogP contribution in [0.2, 0.25) is 0 Å². The van der Waals surface area contributed by atoms with Crippen molar-refractivity contribution in [3.8, 4) is 0 Å². The minimum Gasteiger partial charge on any atom is -0.340 e. The molecule has 1 aliphatic rings. The second-order valence-electron chi connectivity index (χ2n) is 3.37. The van der Waals surface area contributed by atoms with Crippen molar-refractivity contribution in [1.29, 1.82) is 0 Å². The second kappa shape index (κ2) is 4.05. The fourth-order valence-corrected chi connectivity index (χ4v) is 1.64. The highest BCUT2D eigenvalue weighted by Gasteiger charge is 2.43. The number of carbonyl (C=O) groups excluding carboxylic acids is 1. The van der Waals surface area contributed by atoms with Crippen LogP contribution in [-0.2, 0) is 4.79 Å². The van der Waals surface area contributed by atoms with E-state index in [0.29, 0.717) is 26.1 Å². The van der Waals surface area contributed by atoms with Gasteiger partial charge in [-0.15, -0.1) is 0 Å². The molecule has 1 N–H and O–H groups in total. The van der Waals surface area contributed by atoms with E-state index in [-0.39, 0.29) is 12.5 Å². The molecule has 1 amide bonds. The monoisotopic (exact) mass is 188 g/mol. The fourth-order valence-electron chi connectivity index (χ4n) is 1.64. The first-order valence-corrected chi connectivity index (χ1v) is 4.83. The van der Waals surface area contributed by atoms with E-state index in [2.05, 4.69) is 5.32 Å². The molecule has 0 radical (unpaired) electrons. The Hall–Kier alpha value is -0.640. The van der Waals surface area contributed by atoms with Gasteiger partial charge in [0.1, 0.15) is 0 Å². The Morgan fingerprint density at radius 2 is 2.15 bits per heavy atom. The topological polar surface area (TPSA) is 32.3 Å². The highest BCUT2D eigenvalue weighted by Crippen LogP contribution is 2.22. The molecule has 4 heteroatoms. The minimum absolute atomic E-state index is 0.169. The summed E-state index contributed by atoms with van der Waals surface area (Å²) in [5.74, 6) is -0.359. The smallest absolute Gasteiger partial charge is 0.261 e. The number of halogens is 1. The van der Waals surface area contributed by atoms with Gasteiger partial charge in [-0.1, -0.05) is 0 Å². The van der Waals surface area contributed by atoms with Crippen LogP contribution in [0.25, 0.3) is 0 Å². The average molecular weight is 188 g/mol.